The molecule has 2 unspecified atom stereocenters. The number of urea groups is 1. The number of anilines is 2. The zero-order valence-corrected chi connectivity index (χ0v) is 28.5. The molecule has 18 nitrogen and oxygen atoms in total. The number of nitrogens with one attached hydrogen (secondary N) is 2. The Hall–Kier alpha value is -4.11. The number of aliphatic carboxylic acids is 1. The van der Waals surface area contributed by atoms with Gasteiger partial charge in [-0.1, -0.05) is 23.9 Å². The molecule has 0 saturated carbocycles. The minimum absolute atomic E-state index is 0. The number of rotatable bonds is 10. The molecular weight excluding hydrogens is 653 g/mol. The Balaban J connectivity index is 0.00000480. The number of carboxylic acid groups (broad SMARTS) is 1. The number of thioether (sulfide) groups is 2. The van der Waals surface area contributed by atoms with Crippen molar-refractivity contribution in [2.45, 2.75) is 22.6 Å². The largest absolute Gasteiger partial charge is 1.00 e. The SMILES string of the molecule is CN(C)c1ncc(N(C(N)=O)C(C(=O)NC2C(=O)N3C(C(=O)[O-])=C(CSc4nnnn4C)CS[C@@H]23)c2ccc(O)cc2)c(=O)[nH]1.[Na+]. The summed E-state index contributed by atoms with van der Waals surface area (Å²) in [5, 5.41) is 35.4. The van der Waals surface area contributed by atoms with Gasteiger partial charge in [-0.2, -0.15) is 0 Å². The Morgan fingerprint density at radius 2 is 1.96 bits per heavy atom. The normalized spacial score (nSPS) is 17.7. The first-order valence-electron chi connectivity index (χ1n) is 13.1. The average molecular weight is 680 g/mol. The fourth-order valence-corrected chi connectivity index (χ4v) is 7.08. The summed E-state index contributed by atoms with van der Waals surface area (Å²) in [6.07, 6.45) is 1.08. The van der Waals surface area contributed by atoms with Gasteiger partial charge in [-0.25, -0.2) is 14.5 Å². The smallest absolute Gasteiger partial charge is 0.543 e. The number of tetrazole rings is 1. The van der Waals surface area contributed by atoms with Crippen LogP contribution in [0.15, 0.2) is 51.7 Å². The number of β-lactam (4-membered cyclic amide) rings is 1. The maximum atomic E-state index is 13.9. The van der Waals surface area contributed by atoms with E-state index in [1.54, 1.807) is 21.1 Å². The van der Waals surface area contributed by atoms with E-state index in [9.17, 15) is 34.2 Å². The molecule has 2 aromatic heterocycles. The predicted molar refractivity (Wildman–Crippen MR) is 159 cm³/mol. The molecule has 46 heavy (non-hydrogen) atoms. The number of amides is 4. The first-order valence-corrected chi connectivity index (χ1v) is 15.1. The van der Waals surface area contributed by atoms with Gasteiger partial charge in [-0.15, -0.1) is 16.9 Å². The number of aryl methyl sites for hydroxylation is 1. The summed E-state index contributed by atoms with van der Waals surface area (Å²) >= 11 is 2.41. The van der Waals surface area contributed by atoms with Crippen LogP contribution in [-0.2, 0) is 21.4 Å². The minimum Gasteiger partial charge on any atom is -0.543 e. The van der Waals surface area contributed by atoms with Gasteiger partial charge in [-0.3, -0.25) is 29.2 Å². The van der Waals surface area contributed by atoms with Crippen molar-refractivity contribution < 1.29 is 58.9 Å². The van der Waals surface area contributed by atoms with E-state index in [1.807, 2.05) is 0 Å². The van der Waals surface area contributed by atoms with Crippen LogP contribution in [0.5, 0.6) is 5.75 Å². The van der Waals surface area contributed by atoms with Crippen molar-refractivity contribution in [3.05, 3.63) is 57.6 Å². The van der Waals surface area contributed by atoms with E-state index in [2.05, 4.69) is 30.8 Å². The fourth-order valence-electron chi connectivity index (χ4n) is 4.75. The molecule has 3 aromatic rings. The van der Waals surface area contributed by atoms with Crippen LogP contribution in [0.25, 0.3) is 0 Å². The molecule has 2 aliphatic rings. The summed E-state index contributed by atoms with van der Waals surface area (Å²) in [6, 6.07) is 1.29. The third-order valence-electron chi connectivity index (χ3n) is 6.90. The van der Waals surface area contributed by atoms with Crippen LogP contribution >= 0.6 is 23.5 Å². The monoisotopic (exact) mass is 679 g/mol. The minimum atomic E-state index is -1.59. The number of aromatic amines is 1. The van der Waals surface area contributed by atoms with Gasteiger partial charge in [0.25, 0.3) is 11.5 Å². The van der Waals surface area contributed by atoms with Crippen molar-refractivity contribution in [3.8, 4) is 5.75 Å². The number of aromatic nitrogens is 6. The summed E-state index contributed by atoms with van der Waals surface area (Å²) in [5.74, 6) is -2.75. The van der Waals surface area contributed by atoms with Gasteiger partial charge < -0.3 is 31.0 Å². The molecule has 0 bridgehead atoms. The molecule has 1 aromatic carbocycles. The molecule has 21 heteroatoms. The molecule has 4 heterocycles. The van der Waals surface area contributed by atoms with Crippen LogP contribution in [0.4, 0.5) is 16.4 Å². The Morgan fingerprint density at radius 3 is 2.52 bits per heavy atom. The van der Waals surface area contributed by atoms with Gasteiger partial charge in [0, 0.05) is 32.6 Å². The molecule has 3 atom stereocenters. The molecule has 0 aliphatic carbocycles. The van der Waals surface area contributed by atoms with E-state index in [0.29, 0.717) is 10.7 Å². The zero-order valence-electron chi connectivity index (χ0n) is 24.9. The summed E-state index contributed by atoms with van der Waals surface area (Å²) < 4.78 is 1.42. The maximum Gasteiger partial charge on any atom is 1.00 e. The predicted octanol–water partition coefficient (Wildman–Crippen LogP) is -5.11. The summed E-state index contributed by atoms with van der Waals surface area (Å²) in [4.78, 5) is 75.1. The van der Waals surface area contributed by atoms with Crippen molar-refractivity contribution in [2.24, 2.45) is 12.8 Å². The van der Waals surface area contributed by atoms with Crippen LogP contribution in [0.1, 0.15) is 11.6 Å². The quantitative estimate of drug-likeness (QED) is 0.0890. The average Bonchev–Trinajstić information content (AvgIpc) is 3.41. The number of phenols is 1. The number of nitrogens with zero attached hydrogens (tertiary/aromatic N) is 8. The number of nitrogens with two attached hydrogens (primary N) is 1. The number of fused-ring (bicyclic) bond motifs is 1. The van der Waals surface area contributed by atoms with Crippen molar-refractivity contribution in [3.63, 3.8) is 0 Å². The number of phenolic OH excluding ortho intramolecular Hbond substituents is 1. The van der Waals surface area contributed by atoms with E-state index < -0.39 is 46.8 Å². The van der Waals surface area contributed by atoms with Gasteiger partial charge in [0.05, 0.1) is 17.9 Å². The van der Waals surface area contributed by atoms with Gasteiger partial charge in [0.15, 0.2) is 0 Å². The number of hydrogen-bond acceptors (Lipinski definition) is 14. The molecule has 1 saturated heterocycles. The third-order valence-corrected chi connectivity index (χ3v) is 9.33. The molecule has 5 N–H and O–H groups in total. The van der Waals surface area contributed by atoms with Gasteiger partial charge in [0.1, 0.15) is 28.9 Å². The number of benzene rings is 1. The van der Waals surface area contributed by atoms with Gasteiger partial charge >= 0.3 is 35.6 Å². The van der Waals surface area contributed by atoms with Crippen LogP contribution in [0.3, 0.4) is 0 Å². The van der Waals surface area contributed by atoms with E-state index in [1.165, 1.54) is 57.4 Å². The molecule has 2 aliphatic heterocycles. The summed E-state index contributed by atoms with van der Waals surface area (Å²) in [6.45, 7) is 0. The van der Waals surface area contributed by atoms with E-state index >= 15 is 0 Å². The van der Waals surface area contributed by atoms with Crippen molar-refractivity contribution in [1.29, 1.82) is 0 Å². The van der Waals surface area contributed by atoms with Crippen LogP contribution < -0.4 is 61.1 Å². The number of aromatic hydroxyl groups is 1. The number of H-pyrrole nitrogens is 1. The number of carboxylic acids is 1. The number of hydrogen-bond donors (Lipinski definition) is 4. The fraction of sp³-hybridized carbons (Fsp3) is 0.320. The zero-order chi connectivity index (χ0) is 32.6. The van der Waals surface area contributed by atoms with Crippen LogP contribution in [0, 0.1) is 0 Å². The molecule has 5 rings (SSSR count). The van der Waals surface area contributed by atoms with Gasteiger partial charge in [-0.05, 0) is 33.7 Å². The second-order valence-electron chi connectivity index (χ2n) is 10.0. The van der Waals surface area contributed by atoms with E-state index in [-0.39, 0.29) is 69.7 Å². The van der Waals surface area contributed by atoms with Gasteiger partial charge in [0.2, 0.25) is 17.0 Å². The second kappa shape index (κ2) is 14.1. The Kier molecular flexibility index (Phi) is 10.7. The Morgan fingerprint density at radius 1 is 1.26 bits per heavy atom. The molecule has 4 amide bonds. The molecule has 1 fully saturated rings. The summed E-state index contributed by atoms with van der Waals surface area (Å²) in [5.41, 5.74) is 4.82. The number of carbonyl (C=O) groups is 4. The number of carbonyl (C=O) groups excluding carboxylic acids is 4. The first kappa shape index (κ1) is 34.8. The van der Waals surface area contributed by atoms with E-state index in [0.717, 1.165) is 16.0 Å². The van der Waals surface area contributed by atoms with Crippen molar-refractivity contribution >= 4 is 59.0 Å². The molecule has 236 valence electrons. The second-order valence-corrected chi connectivity index (χ2v) is 12.1. The number of primary amides is 1. The summed E-state index contributed by atoms with van der Waals surface area (Å²) in [7, 11) is 4.90. The van der Waals surface area contributed by atoms with E-state index in [4.69, 9.17) is 5.73 Å². The molecule has 0 radical (unpaired) electrons. The topological polar surface area (TPSA) is 249 Å². The van der Waals surface area contributed by atoms with Crippen LogP contribution in [-0.4, -0.2) is 101 Å². The molecular formula is C25H26N11NaO7S2. The Labute approximate surface area is 291 Å². The standard InChI is InChI=1S/C25H27N11O7S2.Na/c1-33(2)24-27-8-14(18(38)29-24)35(23(26)43)16(11-4-6-13(37)7-5-11)19(39)28-15-20(40)36-17(22(41)42)12(9-44-21(15)36)10-45-25-30-31-32-34(25)3;/h4-8,15-16,21,37H,9-10H2,1-3H3,(H2,26,43)(H,28,39)(H,41,42)(H,27,29,38);/q;+1/p-1/t15?,16?,21-;/m0./s1. The first-order chi connectivity index (χ1) is 21.4. The Bertz CT molecular complexity index is 1760. The third kappa shape index (κ3) is 6.70. The van der Waals surface area contributed by atoms with Crippen molar-refractivity contribution in [1.82, 2.24) is 40.4 Å². The van der Waals surface area contributed by atoms with Crippen LogP contribution in [0.2, 0.25) is 0 Å². The maximum absolute atomic E-state index is 13.9. The van der Waals surface area contributed by atoms with Crippen molar-refractivity contribution in [2.75, 3.05) is 35.4 Å². The molecule has 0 spiro atoms.